The van der Waals surface area contributed by atoms with Gasteiger partial charge in [0.25, 0.3) is 0 Å². The predicted octanol–water partition coefficient (Wildman–Crippen LogP) is 3.29. The summed E-state index contributed by atoms with van der Waals surface area (Å²) < 4.78 is 28.0. The van der Waals surface area contributed by atoms with Gasteiger partial charge in [-0.1, -0.05) is 15.9 Å². The SMILES string of the molecule is CC(C)(C)NS(=O)(=O)c1cc(Br)ccc1Br. The summed E-state index contributed by atoms with van der Waals surface area (Å²) in [5, 5.41) is 0. The van der Waals surface area contributed by atoms with E-state index in [9.17, 15) is 8.42 Å². The van der Waals surface area contributed by atoms with Gasteiger partial charge in [0.15, 0.2) is 0 Å². The van der Waals surface area contributed by atoms with Crippen molar-refractivity contribution in [3.63, 3.8) is 0 Å². The normalized spacial score (nSPS) is 12.8. The van der Waals surface area contributed by atoms with E-state index in [0.29, 0.717) is 4.47 Å². The lowest BCUT2D eigenvalue weighted by atomic mass is 10.1. The Labute approximate surface area is 113 Å². The molecule has 0 saturated carbocycles. The number of halogens is 2. The van der Waals surface area contributed by atoms with Crippen molar-refractivity contribution in [2.24, 2.45) is 0 Å². The van der Waals surface area contributed by atoms with Crippen molar-refractivity contribution >= 4 is 41.9 Å². The molecule has 6 heteroatoms. The topological polar surface area (TPSA) is 46.2 Å². The summed E-state index contributed by atoms with van der Waals surface area (Å²) in [5.74, 6) is 0. The first kappa shape index (κ1) is 14.2. The highest BCUT2D eigenvalue weighted by molar-refractivity contribution is 9.11. The van der Waals surface area contributed by atoms with Crippen molar-refractivity contribution in [1.29, 1.82) is 0 Å². The van der Waals surface area contributed by atoms with Crippen LogP contribution >= 0.6 is 31.9 Å². The molecule has 1 rings (SSSR count). The van der Waals surface area contributed by atoms with Crippen molar-refractivity contribution in [2.45, 2.75) is 31.2 Å². The maximum atomic E-state index is 12.1. The summed E-state index contributed by atoms with van der Waals surface area (Å²) in [7, 11) is -3.50. The molecule has 0 saturated heterocycles. The lowest BCUT2D eigenvalue weighted by molar-refractivity contribution is 0.491. The van der Waals surface area contributed by atoms with Crippen molar-refractivity contribution in [3.8, 4) is 0 Å². The predicted molar refractivity (Wildman–Crippen MR) is 71.9 cm³/mol. The van der Waals surface area contributed by atoms with Crippen molar-refractivity contribution < 1.29 is 8.42 Å². The molecule has 0 fully saturated rings. The molecule has 90 valence electrons. The van der Waals surface area contributed by atoms with Gasteiger partial charge in [-0.15, -0.1) is 0 Å². The van der Waals surface area contributed by atoms with Crippen LogP contribution in [0.3, 0.4) is 0 Å². The molecule has 0 unspecified atom stereocenters. The Morgan fingerprint density at radius 1 is 1.19 bits per heavy atom. The maximum absolute atomic E-state index is 12.1. The fourth-order valence-corrected chi connectivity index (χ4v) is 4.06. The van der Waals surface area contributed by atoms with E-state index in [0.717, 1.165) is 4.47 Å². The molecule has 0 heterocycles. The molecule has 3 nitrogen and oxygen atoms in total. The molecule has 0 aliphatic rings. The molecular formula is C10H13Br2NO2S. The number of sulfonamides is 1. The zero-order chi connectivity index (χ0) is 12.6. The Morgan fingerprint density at radius 2 is 1.75 bits per heavy atom. The van der Waals surface area contributed by atoms with E-state index in [-0.39, 0.29) is 4.90 Å². The second-order valence-electron chi connectivity index (χ2n) is 4.43. The van der Waals surface area contributed by atoms with E-state index in [1.807, 2.05) is 0 Å². The molecule has 0 amide bonds. The average Bonchev–Trinajstić information content (AvgIpc) is 2.04. The van der Waals surface area contributed by atoms with Gasteiger partial charge in [-0.25, -0.2) is 13.1 Å². The number of nitrogens with one attached hydrogen (secondary N) is 1. The second-order valence-corrected chi connectivity index (χ2v) is 7.85. The van der Waals surface area contributed by atoms with Crippen molar-refractivity contribution in [3.05, 3.63) is 27.1 Å². The highest BCUT2D eigenvalue weighted by Gasteiger charge is 2.24. The molecule has 0 aromatic heterocycles. The Hall–Kier alpha value is 0.0900. The molecule has 1 aromatic rings. The van der Waals surface area contributed by atoms with E-state index in [2.05, 4.69) is 36.6 Å². The Balaban J connectivity index is 3.22. The van der Waals surface area contributed by atoms with Crippen LogP contribution < -0.4 is 4.72 Å². The smallest absolute Gasteiger partial charge is 0.207 e. The van der Waals surface area contributed by atoms with E-state index < -0.39 is 15.6 Å². The minimum absolute atomic E-state index is 0.233. The molecule has 0 radical (unpaired) electrons. The monoisotopic (exact) mass is 369 g/mol. The van der Waals surface area contributed by atoms with Crippen LogP contribution in [0.2, 0.25) is 0 Å². The van der Waals surface area contributed by atoms with Gasteiger partial charge in [-0.05, 0) is 54.9 Å². The molecule has 0 atom stereocenters. The zero-order valence-electron chi connectivity index (χ0n) is 9.21. The fourth-order valence-electron chi connectivity index (χ4n) is 1.14. The molecule has 16 heavy (non-hydrogen) atoms. The van der Waals surface area contributed by atoms with Crippen LogP contribution in [-0.2, 0) is 10.0 Å². The van der Waals surface area contributed by atoms with Crippen LogP contribution in [0.1, 0.15) is 20.8 Å². The van der Waals surface area contributed by atoms with Gasteiger partial charge in [0.2, 0.25) is 10.0 Å². The minimum atomic E-state index is -3.50. The molecule has 0 bridgehead atoms. The third-order valence-corrected chi connectivity index (χ3v) is 4.87. The van der Waals surface area contributed by atoms with Gasteiger partial charge in [-0.2, -0.15) is 0 Å². The molecule has 1 N–H and O–H groups in total. The summed E-state index contributed by atoms with van der Waals surface area (Å²) >= 11 is 6.49. The molecule has 1 aromatic carbocycles. The summed E-state index contributed by atoms with van der Waals surface area (Å²) in [6.45, 7) is 5.41. The lowest BCUT2D eigenvalue weighted by Crippen LogP contribution is -2.40. The fraction of sp³-hybridized carbons (Fsp3) is 0.400. The van der Waals surface area contributed by atoms with E-state index in [4.69, 9.17) is 0 Å². The summed E-state index contributed by atoms with van der Waals surface area (Å²) in [5.41, 5.74) is -0.499. The number of hydrogen-bond donors (Lipinski definition) is 1. The first-order valence-corrected chi connectivity index (χ1v) is 7.68. The molecular weight excluding hydrogens is 358 g/mol. The summed E-state index contributed by atoms with van der Waals surface area (Å²) in [6, 6.07) is 5.04. The van der Waals surface area contributed by atoms with Crippen LogP contribution in [0.15, 0.2) is 32.0 Å². The van der Waals surface area contributed by atoms with Gasteiger partial charge >= 0.3 is 0 Å². The van der Waals surface area contributed by atoms with Crippen LogP contribution in [-0.4, -0.2) is 14.0 Å². The van der Waals surface area contributed by atoms with Gasteiger partial charge < -0.3 is 0 Å². The first-order valence-electron chi connectivity index (χ1n) is 4.61. The quantitative estimate of drug-likeness (QED) is 0.868. The highest BCUT2D eigenvalue weighted by Crippen LogP contribution is 2.26. The molecule has 0 aliphatic heterocycles. The number of hydrogen-bond acceptors (Lipinski definition) is 2. The summed E-state index contributed by atoms with van der Waals surface area (Å²) in [4.78, 5) is 0.233. The second kappa shape index (κ2) is 4.76. The molecule has 0 spiro atoms. The molecule has 0 aliphatic carbocycles. The maximum Gasteiger partial charge on any atom is 0.242 e. The van der Waals surface area contributed by atoms with Crippen molar-refractivity contribution in [1.82, 2.24) is 4.72 Å². The third kappa shape index (κ3) is 3.84. The standard InChI is InChI=1S/C10H13Br2NO2S/c1-10(2,3)13-16(14,15)9-6-7(11)4-5-8(9)12/h4-6,13H,1-3H3. The Kier molecular flexibility index (Phi) is 4.21. The van der Waals surface area contributed by atoms with Gasteiger partial charge in [0, 0.05) is 14.5 Å². The van der Waals surface area contributed by atoms with E-state index >= 15 is 0 Å². The lowest BCUT2D eigenvalue weighted by Gasteiger charge is -2.20. The van der Waals surface area contributed by atoms with Crippen molar-refractivity contribution in [2.75, 3.05) is 0 Å². The highest BCUT2D eigenvalue weighted by atomic mass is 79.9. The minimum Gasteiger partial charge on any atom is -0.207 e. The largest absolute Gasteiger partial charge is 0.242 e. The first-order chi connectivity index (χ1) is 7.12. The zero-order valence-corrected chi connectivity index (χ0v) is 13.2. The Morgan fingerprint density at radius 3 is 2.25 bits per heavy atom. The Bertz CT molecular complexity index is 492. The van der Waals surface area contributed by atoms with Gasteiger partial charge in [0.1, 0.15) is 0 Å². The van der Waals surface area contributed by atoms with Crippen LogP contribution in [0.25, 0.3) is 0 Å². The van der Waals surface area contributed by atoms with Gasteiger partial charge in [-0.3, -0.25) is 0 Å². The van der Waals surface area contributed by atoms with Crippen LogP contribution in [0.4, 0.5) is 0 Å². The number of rotatable bonds is 2. The van der Waals surface area contributed by atoms with Crippen LogP contribution in [0.5, 0.6) is 0 Å². The van der Waals surface area contributed by atoms with Gasteiger partial charge in [0.05, 0.1) is 4.90 Å². The average molecular weight is 371 g/mol. The number of benzene rings is 1. The van der Waals surface area contributed by atoms with Crippen LogP contribution in [0, 0.1) is 0 Å². The third-order valence-electron chi connectivity index (χ3n) is 1.62. The summed E-state index contributed by atoms with van der Waals surface area (Å²) in [6.07, 6.45) is 0. The van der Waals surface area contributed by atoms with E-state index in [1.165, 1.54) is 0 Å². The van der Waals surface area contributed by atoms with E-state index in [1.54, 1.807) is 39.0 Å².